The van der Waals surface area contributed by atoms with Gasteiger partial charge in [-0.3, -0.25) is 0 Å². The molecule has 2 aliphatic rings. The van der Waals surface area contributed by atoms with Crippen molar-refractivity contribution in [3.8, 4) is 0 Å². The van der Waals surface area contributed by atoms with Gasteiger partial charge in [0, 0.05) is 26.2 Å². The van der Waals surface area contributed by atoms with Crippen molar-refractivity contribution in [3.05, 3.63) is 48.0 Å². The highest BCUT2D eigenvalue weighted by Gasteiger charge is 2.32. The van der Waals surface area contributed by atoms with E-state index in [4.69, 9.17) is 14.5 Å². The van der Waals surface area contributed by atoms with Crippen LogP contribution in [0.15, 0.2) is 47.5 Å². The van der Waals surface area contributed by atoms with Crippen molar-refractivity contribution in [1.82, 2.24) is 10.2 Å². The summed E-state index contributed by atoms with van der Waals surface area (Å²) in [6.07, 6.45) is 2.61. The summed E-state index contributed by atoms with van der Waals surface area (Å²) in [5.41, 5.74) is 1.26. The SMILES string of the molecule is CCNC(=NCc1cccc2ccccc12)N1CCOC(C2CCCO2)C1. The van der Waals surface area contributed by atoms with Crippen LogP contribution in [0.2, 0.25) is 0 Å². The Balaban J connectivity index is 1.51. The topological polar surface area (TPSA) is 46.1 Å². The van der Waals surface area contributed by atoms with Crippen LogP contribution in [0.1, 0.15) is 25.3 Å². The quantitative estimate of drug-likeness (QED) is 0.666. The second-order valence-corrected chi connectivity index (χ2v) is 7.22. The van der Waals surface area contributed by atoms with Crippen LogP contribution in [-0.4, -0.2) is 55.9 Å². The minimum atomic E-state index is 0.141. The third kappa shape index (κ3) is 4.25. The van der Waals surface area contributed by atoms with Gasteiger partial charge in [-0.25, -0.2) is 4.99 Å². The molecule has 0 aliphatic carbocycles. The van der Waals surface area contributed by atoms with Crippen molar-refractivity contribution >= 4 is 16.7 Å². The molecule has 2 atom stereocenters. The summed E-state index contributed by atoms with van der Waals surface area (Å²) >= 11 is 0. The normalized spacial score (nSPS) is 23.7. The number of rotatable bonds is 4. The number of nitrogens with one attached hydrogen (secondary N) is 1. The van der Waals surface area contributed by atoms with Gasteiger partial charge < -0.3 is 19.7 Å². The van der Waals surface area contributed by atoms with Crippen molar-refractivity contribution in [2.75, 3.05) is 32.8 Å². The summed E-state index contributed by atoms with van der Waals surface area (Å²) in [6, 6.07) is 14.9. The second kappa shape index (κ2) is 8.72. The number of hydrogen-bond acceptors (Lipinski definition) is 3. The summed E-state index contributed by atoms with van der Waals surface area (Å²) in [7, 11) is 0. The summed E-state index contributed by atoms with van der Waals surface area (Å²) < 4.78 is 11.8. The highest BCUT2D eigenvalue weighted by atomic mass is 16.5. The summed E-state index contributed by atoms with van der Waals surface area (Å²) in [4.78, 5) is 7.28. The molecular formula is C22H29N3O2. The highest BCUT2D eigenvalue weighted by Crippen LogP contribution is 2.22. The Morgan fingerprint density at radius 3 is 2.81 bits per heavy atom. The number of guanidine groups is 1. The standard InChI is InChI=1S/C22H29N3O2/c1-2-23-22(25-12-14-27-21(16-25)20-11-6-13-26-20)24-15-18-9-5-8-17-7-3-4-10-19(17)18/h3-5,7-10,20-21H,2,6,11-16H2,1H3,(H,23,24). The van der Waals surface area contributed by atoms with E-state index >= 15 is 0 Å². The first kappa shape index (κ1) is 18.3. The predicted octanol–water partition coefficient (Wildman–Crippen LogP) is 3.19. The number of hydrogen-bond donors (Lipinski definition) is 1. The molecule has 2 aliphatic heterocycles. The van der Waals surface area contributed by atoms with Crippen LogP contribution in [0, 0.1) is 0 Å². The molecule has 5 nitrogen and oxygen atoms in total. The molecule has 2 unspecified atom stereocenters. The van der Waals surface area contributed by atoms with Crippen LogP contribution in [-0.2, 0) is 16.0 Å². The molecule has 0 bridgehead atoms. The van der Waals surface area contributed by atoms with E-state index in [1.165, 1.54) is 16.3 Å². The molecule has 2 aromatic rings. The molecule has 2 saturated heterocycles. The number of morpholine rings is 1. The minimum absolute atomic E-state index is 0.141. The van der Waals surface area contributed by atoms with Gasteiger partial charge in [-0.2, -0.15) is 0 Å². The maximum Gasteiger partial charge on any atom is 0.194 e. The van der Waals surface area contributed by atoms with Gasteiger partial charge in [0.25, 0.3) is 0 Å². The van der Waals surface area contributed by atoms with Gasteiger partial charge >= 0.3 is 0 Å². The number of fused-ring (bicyclic) bond motifs is 1. The maximum atomic E-state index is 5.99. The van der Waals surface area contributed by atoms with Gasteiger partial charge in [0.05, 0.1) is 19.3 Å². The Morgan fingerprint density at radius 2 is 1.96 bits per heavy atom. The Labute approximate surface area is 161 Å². The Kier molecular flexibility index (Phi) is 5.90. The summed E-state index contributed by atoms with van der Waals surface area (Å²) in [6.45, 7) is 6.94. The molecular weight excluding hydrogens is 338 g/mol. The molecule has 4 rings (SSSR count). The largest absolute Gasteiger partial charge is 0.375 e. The van der Waals surface area contributed by atoms with Crippen molar-refractivity contribution in [1.29, 1.82) is 0 Å². The summed E-state index contributed by atoms with van der Waals surface area (Å²) in [5, 5.41) is 6.00. The van der Waals surface area contributed by atoms with Crippen LogP contribution in [0.3, 0.4) is 0 Å². The number of nitrogens with zero attached hydrogens (tertiary/aromatic N) is 2. The monoisotopic (exact) mass is 367 g/mol. The van der Waals surface area contributed by atoms with E-state index in [0.29, 0.717) is 6.54 Å². The van der Waals surface area contributed by atoms with E-state index in [1.807, 2.05) is 0 Å². The molecule has 0 spiro atoms. The Morgan fingerprint density at radius 1 is 1.11 bits per heavy atom. The first-order valence-electron chi connectivity index (χ1n) is 10.1. The van der Waals surface area contributed by atoms with Crippen LogP contribution in [0.5, 0.6) is 0 Å². The molecule has 0 aromatic heterocycles. The van der Waals surface area contributed by atoms with Crippen molar-refractivity contribution in [3.63, 3.8) is 0 Å². The van der Waals surface area contributed by atoms with E-state index in [9.17, 15) is 0 Å². The van der Waals surface area contributed by atoms with Gasteiger partial charge in [-0.15, -0.1) is 0 Å². The van der Waals surface area contributed by atoms with Gasteiger partial charge in [0.15, 0.2) is 5.96 Å². The third-order valence-electron chi connectivity index (χ3n) is 5.39. The van der Waals surface area contributed by atoms with Crippen LogP contribution < -0.4 is 5.32 Å². The van der Waals surface area contributed by atoms with Crippen molar-refractivity contribution < 1.29 is 9.47 Å². The average molecular weight is 367 g/mol. The van der Waals surface area contributed by atoms with Crippen LogP contribution >= 0.6 is 0 Å². The third-order valence-corrected chi connectivity index (χ3v) is 5.39. The molecule has 27 heavy (non-hydrogen) atoms. The van der Waals surface area contributed by atoms with Gasteiger partial charge in [0.1, 0.15) is 6.10 Å². The highest BCUT2D eigenvalue weighted by molar-refractivity contribution is 5.86. The van der Waals surface area contributed by atoms with Gasteiger partial charge in [-0.05, 0) is 36.1 Å². The molecule has 0 amide bonds. The lowest BCUT2D eigenvalue weighted by Crippen LogP contribution is -2.53. The van der Waals surface area contributed by atoms with E-state index in [-0.39, 0.29) is 12.2 Å². The van der Waals surface area contributed by atoms with Crippen LogP contribution in [0.4, 0.5) is 0 Å². The van der Waals surface area contributed by atoms with Crippen LogP contribution in [0.25, 0.3) is 10.8 Å². The van der Waals surface area contributed by atoms with E-state index in [1.54, 1.807) is 0 Å². The number of ether oxygens (including phenoxy) is 2. The molecule has 5 heteroatoms. The minimum Gasteiger partial charge on any atom is -0.375 e. The average Bonchev–Trinajstić information content (AvgIpc) is 3.26. The second-order valence-electron chi connectivity index (χ2n) is 7.22. The van der Waals surface area contributed by atoms with Crippen molar-refractivity contribution in [2.45, 2.75) is 38.5 Å². The Bertz CT molecular complexity index is 781. The van der Waals surface area contributed by atoms with E-state index in [2.05, 4.69) is 59.6 Å². The molecule has 0 radical (unpaired) electrons. The van der Waals surface area contributed by atoms with Gasteiger partial charge in [-0.1, -0.05) is 42.5 Å². The molecule has 1 N–H and O–H groups in total. The first-order chi connectivity index (χ1) is 13.3. The lowest BCUT2D eigenvalue weighted by molar-refractivity contribution is -0.0817. The fraction of sp³-hybridized carbons (Fsp3) is 0.500. The fourth-order valence-electron chi connectivity index (χ4n) is 4.00. The molecule has 0 saturated carbocycles. The molecule has 144 valence electrons. The smallest absolute Gasteiger partial charge is 0.194 e. The lowest BCUT2D eigenvalue weighted by Gasteiger charge is -2.37. The number of benzene rings is 2. The van der Waals surface area contributed by atoms with Gasteiger partial charge in [0.2, 0.25) is 0 Å². The predicted molar refractivity (Wildman–Crippen MR) is 109 cm³/mol. The molecule has 2 fully saturated rings. The summed E-state index contributed by atoms with van der Waals surface area (Å²) in [5.74, 6) is 0.969. The lowest BCUT2D eigenvalue weighted by atomic mass is 10.0. The molecule has 2 aromatic carbocycles. The first-order valence-corrected chi connectivity index (χ1v) is 10.1. The molecule has 2 heterocycles. The fourth-order valence-corrected chi connectivity index (χ4v) is 4.00. The van der Waals surface area contributed by atoms with E-state index in [0.717, 1.165) is 51.6 Å². The zero-order chi connectivity index (χ0) is 18.5. The van der Waals surface area contributed by atoms with Crippen molar-refractivity contribution in [2.24, 2.45) is 4.99 Å². The number of aliphatic imine (C=N–C) groups is 1. The zero-order valence-corrected chi connectivity index (χ0v) is 16.1. The maximum absolute atomic E-state index is 5.99. The van der Waals surface area contributed by atoms with E-state index < -0.39 is 0 Å². The zero-order valence-electron chi connectivity index (χ0n) is 16.1. The Hall–Kier alpha value is -2.11.